The van der Waals surface area contributed by atoms with Gasteiger partial charge in [0.1, 0.15) is 6.54 Å². The molecule has 10 heteroatoms. The van der Waals surface area contributed by atoms with Crippen molar-refractivity contribution in [2.24, 2.45) is 0 Å². The van der Waals surface area contributed by atoms with Crippen LogP contribution < -0.4 is 9.62 Å². The van der Waals surface area contributed by atoms with Crippen molar-refractivity contribution in [2.75, 3.05) is 16.2 Å². The maximum absolute atomic E-state index is 13.3. The molecule has 1 amide bonds. The number of carbonyl (C=O) groups excluding carboxylic acids is 1. The number of nitrogens with one attached hydrogen (secondary N) is 1. The summed E-state index contributed by atoms with van der Waals surface area (Å²) in [5, 5.41) is 14.0. The molecule has 1 N–H and O–H groups in total. The van der Waals surface area contributed by atoms with Crippen LogP contribution >= 0.6 is 11.6 Å². The number of nitrogens with zero attached hydrogens (tertiary/aromatic N) is 2. The smallest absolute Gasteiger partial charge is 0.274 e. The van der Waals surface area contributed by atoms with Gasteiger partial charge in [-0.25, -0.2) is 8.42 Å². The van der Waals surface area contributed by atoms with Crippen LogP contribution in [0.3, 0.4) is 0 Å². The number of hydrogen-bond acceptors (Lipinski definition) is 5. The lowest BCUT2D eigenvalue weighted by Gasteiger charge is -2.24. The third-order valence-electron chi connectivity index (χ3n) is 4.49. The average Bonchev–Trinajstić information content (AvgIpc) is 2.74. The van der Waals surface area contributed by atoms with Crippen LogP contribution in [0.4, 0.5) is 17.1 Å². The third kappa shape index (κ3) is 5.01. The molecule has 0 atom stereocenters. The lowest BCUT2D eigenvalue weighted by atomic mass is 10.1. The number of nitro benzene ring substituents is 1. The molecule has 8 nitrogen and oxygen atoms in total. The first-order valence-corrected chi connectivity index (χ1v) is 10.9. The number of rotatable bonds is 7. The minimum atomic E-state index is -4.08. The Morgan fingerprint density at radius 3 is 2.39 bits per heavy atom. The summed E-state index contributed by atoms with van der Waals surface area (Å²) in [6, 6.07) is 18.1. The van der Waals surface area contributed by atoms with Crippen LogP contribution in [-0.4, -0.2) is 25.8 Å². The average molecular weight is 460 g/mol. The minimum Gasteiger partial charge on any atom is -0.324 e. The first-order valence-electron chi connectivity index (χ1n) is 9.07. The lowest BCUT2D eigenvalue weighted by molar-refractivity contribution is -0.385. The Morgan fingerprint density at radius 1 is 1.06 bits per heavy atom. The van der Waals surface area contributed by atoms with E-state index in [1.165, 1.54) is 49.4 Å². The summed E-state index contributed by atoms with van der Waals surface area (Å²) < 4.78 is 27.5. The van der Waals surface area contributed by atoms with Crippen LogP contribution in [0.5, 0.6) is 0 Å². The van der Waals surface area contributed by atoms with Crippen molar-refractivity contribution in [3.8, 4) is 0 Å². The molecule has 31 heavy (non-hydrogen) atoms. The molecule has 0 aliphatic heterocycles. The Morgan fingerprint density at radius 2 is 1.74 bits per heavy atom. The SMILES string of the molecule is Cc1c(NC(=O)CN(c2cccc(Cl)c2)S(=O)(=O)c2ccccc2)cccc1[N+](=O)[O-]. The molecule has 0 fully saturated rings. The second-order valence-corrected chi connectivity index (χ2v) is 8.86. The van der Waals surface area contributed by atoms with E-state index in [-0.39, 0.29) is 27.5 Å². The molecule has 0 radical (unpaired) electrons. The van der Waals surface area contributed by atoms with Crippen molar-refractivity contribution in [1.29, 1.82) is 0 Å². The molecular weight excluding hydrogens is 442 g/mol. The van der Waals surface area contributed by atoms with E-state index in [2.05, 4.69) is 5.32 Å². The van der Waals surface area contributed by atoms with E-state index >= 15 is 0 Å². The standard InChI is InChI=1S/C21H18ClN3O5S/c1-15-19(11-6-12-20(15)25(27)28)23-21(26)14-24(17-8-5-7-16(22)13-17)31(29,30)18-9-3-2-4-10-18/h2-13H,14H2,1H3,(H,23,26). The molecule has 0 heterocycles. The van der Waals surface area contributed by atoms with Crippen LogP contribution in [0.25, 0.3) is 0 Å². The largest absolute Gasteiger partial charge is 0.324 e. The highest BCUT2D eigenvalue weighted by Crippen LogP contribution is 2.28. The van der Waals surface area contributed by atoms with Gasteiger partial charge in [0.25, 0.3) is 15.7 Å². The van der Waals surface area contributed by atoms with Gasteiger partial charge in [-0.05, 0) is 43.3 Å². The van der Waals surface area contributed by atoms with Gasteiger partial charge < -0.3 is 5.32 Å². The van der Waals surface area contributed by atoms with E-state index in [1.54, 1.807) is 30.3 Å². The molecule has 3 rings (SSSR count). The van der Waals surface area contributed by atoms with Crippen LogP contribution in [-0.2, 0) is 14.8 Å². The zero-order valence-corrected chi connectivity index (χ0v) is 17.9. The van der Waals surface area contributed by atoms with Gasteiger partial charge in [0, 0.05) is 11.1 Å². The number of hydrogen-bond donors (Lipinski definition) is 1. The number of nitro groups is 1. The molecule has 3 aromatic rings. The fourth-order valence-electron chi connectivity index (χ4n) is 2.94. The number of amides is 1. The molecule has 0 spiro atoms. The first kappa shape index (κ1) is 22.3. The maximum Gasteiger partial charge on any atom is 0.274 e. The molecule has 0 saturated carbocycles. The van der Waals surface area contributed by atoms with Gasteiger partial charge in [-0.3, -0.25) is 19.2 Å². The van der Waals surface area contributed by atoms with Gasteiger partial charge in [-0.1, -0.05) is 41.9 Å². The van der Waals surface area contributed by atoms with Crippen molar-refractivity contribution in [3.05, 3.63) is 93.5 Å². The highest BCUT2D eigenvalue weighted by Gasteiger charge is 2.27. The predicted octanol–water partition coefficient (Wildman–Crippen LogP) is 4.39. The lowest BCUT2D eigenvalue weighted by Crippen LogP contribution is -2.38. The predicted molar refractivity (Wildman–Crippen MR) is 119 cm³/mol. The van der Waals surface area contributed by atoms with Crippen molar-refractivity contribution in [3.63, 3.8) is 0 Å². The number of halogens is 1. The van der Waals surface area contributed by atoms with E-state index in [0.717, 1.165) is 4.31 Å². The Balaban J connectivity index is 1.95. The van der Waals surface area contributed by atoms with Gasteiger partial charge in [-0.15, -0.1) is 0 Å². The zero-order valence-electron chi connectivity index (χ0n) is 16.4. The van der Waals surface area contributed by atoms with Crippen LogP contribution in [0.15, 0.2) is 77.7 Å². The van der Waals surface area contributed by atoms with Gasteiger partial charge in [-0.2, -0.15) is 0 Å². The van der Waals surface area contributed by atoms with Gasteiger partial charge >= 0.3 is 0 Å². The highest BCUT2D eigenvalue weighted by molar-refractivity contribution is 7.92. The van der Waals surface area contributed by atoms with Crippen molar-refractivity contribution >= 4 is 44.6 Å². The normalized spacial score (nSPS) is 11.0. The fraction of sp³-hybridized carbons (Fsp3) is 0.0952. The zero-order chi connectivity index (χ0) is 22.6. The summed E-state index contributed by atoms with van der Waals surface area (Å²) >= 11 is 6.03. The summed E-state index contributed by atoms with van der Waals surface area (Å²) in [4.78, 5) is 23.4. The number of anilines is 2. The van der Waals surface area contributed by atoms with Crippen LogP contribution in [0.1, 0.15) is 5.56 Å². The van der Waals surface area contributed by atoms with E-state index in [0.29, 0.717) is 5.02 Å². The number of carbonyl (C=O) groups is 1. The first-order chi connectivity index (χ1) is 14.7. The second-order valence-electron chi connectivity index (χ2n) is 6.56. The summed E-state index contributed by atoms with van der Waals surface area (Å²) in [7, 11) is -4.08. The Kier molecular flexibility index (Phi) is 6.57. The molecule has 160 valence electrons. The van der Waals surface area contributed by atoms with Crippen molar-refractivity contribution in [1.82, 2.24) is 0 Å². The summed E-state index contributed by atoms with van der Waals surface area (Å²) in [5.74, 6) is -0.664. The van der Waals surface area contributed by atoms with Gasteiger partial charge in [0.2, 0.25) is 5.91 Å². The van der Waals surface area contributed by atoms with Gasteiger partial charge in [0.05, 0.1) is 26.8 Å². The third-order valence-corrected chi connectivity index (χ3v) is 6.51. The van der Waals surface area contributed by atoms with Crippen molar-refractivity contribution in [2.45, 2.75) is 11.8 Å². The fourth-order valence-corrected chi connectivity index (χ4v) is 4.56. The molecule has 0 bridgehead atoms. The van der Waals surface area contributed by atoms with Gasteiger partial charge in [0.15, 0.2) is 0 Å². The highest BCUT2D eigenvalue weighted by atomic mass is 35.5. The van der Waals surface area contributed by atoms with Crippen LogP contribution in [0, 0.1) is 17.0 Å². The van der Waals surface area contributed by atoms with E-state index in [1.807, 2.05) is 0 Å². The van der Waals surface area contributed by atoms with Crippen molar-refractivity contribution < 1.29 is 18.1 Å². The molecular formula is C21H18ClN3O5S. The number of benzene rings is 3. The second kappa shape index (κ2) is 9.15. The van der Waals surface area contributed by atoms with E-state index < -0.39 is 27.4 Å². The Labute approximate surface area is 184 Å². The molecule has 0 aliphatic carbocycles. The summed E-state index contributed by atoms with van der Waals surface area (Å²) in [6.07, 6.45) is 0. The summed E-state index contributed by atoms with van der Waals surface area (Å²) in [6.45, 7) is 0.947. The molecule has 0 aliphatic rings. The monoisotopic (exact) mass is 459 g/mol. The topological polar surface area (TPSA) is 110 Å². The minimum absolute atomic E-state index is 0.00862. The molecule has 0 unspecified atom stereocenters. The molecule has 0 saturated heterocycles. The van der Waals surface area contributed by atoms with Crippen LogP contribution in [0.2, 0.25) is 5.02 Å². The van der Waals surface area contributed by atoms with E-state index in [9.17, 15) is 23.3 Å². The Hall–Kier alpha value is -3.43. The maximum atomic E-state index is 13.3. The quantitative estimate of drug-likeness (QED) is 0.416. The molecule has 0 aromatic heterocycles. The molecule has 3 aromatic carbocycles. The summed E-state index contributed by atoms with van der Waals surface area (Å²) in [5.41, 5.74) is 0.548. The Bertz CT molecular complexity index is 1230. The number of sulfonamides is 1. The van der Waals surface area contributed by atoms with E-state index in [4.69, 9.17) is 11.6 Å².